The molecule has 20 heavy (non-hydrogen) atoms. The van der Waals surface area contributed by atoms with Gasteiger partial charge in [0.25, 0.3) is 0 Å². The summed E-state index contributed by atoms with van der Waals surface area (Å²) in [4.78, 5) is 11.8. The number of halogens is 1. The van der Waals surface area contributed by atoms with Gasteiger partial charge in [-0.05, 0) is 54.8 Å². The summed E-state index contributed by atoms with van der Waals surface area (Å²) < 4.78 is 0. The lowest BCUT2D eigenvalue weighted by Crippen LogP contribution is -2.28. The molecule has 2 N–H and O–H groups in total. The molecule has 3 nitrogen and oxygen atoms in total. The minimum absolute atomic E-state index is 0.227. The van der Waals surface area contributed by atoms with E-state index in [4.69, 9.17) is 11.6 Å². The summed E-state index contributed by atoms with van der Waals surface area (Å²) in [5.74, 6) is 0. The van der Waals surface area contributed by atoms with E-state index in [1.54, 1.807) is 6.07 Å². The minimum atomic E-state index is -0.227. The second-order valence-electron chi connectivity index (χ2n) is 4.81. The number of urea groups is 1. The van der Waals surface area contributed by atoms with Crippen LogP contribution >= 0.6 is 11.6 Å². The first kappa shape index (κ1) is 14.4. The van der Waals surface area contributed by atoms with Crippen molar-refractivity contribution in [2.75, 3.05) is 5.32 Å². The number of carbonyl (C=O) groups is 1. The highest BCUT2D eigenvalue weighted by Crippen LogP contribution is 2.14. The van der Waals surface area contributed by atoms with Crippen LogP contribution in [0.2, 0.25) is 5.02 Å². The lowest BCUT2D eigenvalue weighted by Gasteiger charge is -2.09. The van der Waals surface area contributed by atoms with Gasteiger partial charge in [-0.2, -0.15) is 0 Å². The van der Waals surface area contributed by atoms with Gasteiger partial charge in [0, 0.05) is 17.3 Å². The van der Waals surface area contributed by atoms with Gasteiger partial charge in [0.2, 0.25) is 0 Å². The van der Waals surface area contributed by atoms with Crippen LogP contribution in [-0.4, -0.2) is 6.03 Å². The van der Waals surface area contributed by atoms with Gasteiger partial charge < -0.3 is 10.6 Å². The number of anilines is 1. The molecular formula is C16H17ClN2O. The van der Waals surface area contributed by atoms with Crippen LogP contribution in [0.3, 0.4) is 0 Å². The Morgan fingerprint density at radius 3 is 2.45 bits per heavy atom. The van der Waals surface area contributed by atoms with Gasteiger partial charge in [-0.1, -0.05) is 29.8 Å². The van der Waals surface area contributed by atoms with Gasteiger partial charge >= 0.3 is 6.03 Å². The molecule has 2 amide bonds. The van der Waals surface area contributed by atoms with E-state index in [0.29, 0.717) is 11.6 Å². The van der Waals surface area contributed by atoms with Gasteiger partial charge in [-0.3, -0.25) is 0 Å². The van der Waals surface area contributed by atoms with E-state index in [2.05, 4.69) is 16.7 Å². The van der Waals surface area contributed by atoms with E-state index in [9.17, 15) is 4.79 Å². The summed E-state index contributed by atoms with van der Waals surface area (Å²) in [7, 11) is 0. The van der Waals surface area contributed by atoms with Crippen LogP contribution in [0.5, 0.6) is 0 Å². The van der Waals surface area contributed by atoms with Crippen LogP contribution in [0.15, 0.2) is 42.5 Å². The van der Waals surface area contributed by atoms with Crippen molar-refractivity contribution in [1.29, 1.82) is 0 Å². The molecule has 0 heterocycles. The molecule has 4 heteroatoms. The lowest BCUT2D eigenvalue weighted by molar-refractivity contribution is 0.251. The van der Waals surface area contributed by atoms with Crippen LogP contribution < -0.4 is 10.6 Å². The van der Waals surface area contributed by atoms with Gasteiger partial charge in [0.1, 0.15) is 0 Å². The first-order chi connectivity index (χ1) is 9.52. The van der Waals surface area contributed by atoms with E-state index in [-0.39, 0.29) is 6.03 Å². The maximum absolute atomic E-state index is 11.8. The smallest absolute Gasteiger partial charge is 0.319 e. The van der Waals surface area contributed by atoms with E-state index >= 15 is 0 Å². The predicted molar refractivity (Wildman–Crippen MR) is 83.2 cm³/mol. The molecule has 0 unspecified atom stereocenters. The molecule has 2 rings (SSSR count). The number of amides is 2. The normalized spacial score (nSPS) is 10.2. The maximum atomic E-state index is 11.8. The van der Waals surface area contributed by atoms with Gasteiger partial charge in [-0.15, -0.1) is 0 Å². The van der Waals surface area contributed by atoms with Crippen LogP contribution in [0, 0.1) is 13.8 Å². The number of aryl methyl sites for hydroxylation is 2. The second kappa shape index (κ2) is 6.44. The first-order valence-electron chi connectivity index (χ1n) is 6.40. The average Bonchev–Trinajstić information content (AvgIpc) is 2.35. The Bertz CT molecular complexity index is 605. The molecule has 0 saturated heterocycles. The van der Waals surface area contributed by atoms with Crippen molar-refractivity contribution in [3.05, 3.63) is 64.2 Å². The van der Waals surface area contributed by atoms with Crippen molar-refractivity contribution in [2.45, 2.75) is 20.4 Å². The topological polar surface area (TPSA) is 41.1 Å². The van der Waals surface area contributed by atoms with Gasteiger partial charge in [-0.25, -0.2) is 4.79 Å². The van der Waals surface area contributed by atoms with Crippen molar-refractivity contribution in [1.82, 2.24) is 5.32 Å². The molecular weight excluding hydrogens is 272 g/mol. The van der Waals surface area contributed by atoms with Crippen molar-refractivity contribution in [2.24, 2.45) is 0 Å². The summed E-state index contributed by atoms with van der Waals surface area (Å²) >= 11 is 5.90. The SMILES string of the molecule is Cc1cc(C)cc(NC(=O)NCc2cccc(Cl)c2)c1. The first-order valence-corrected chi connectivity index (χ1v) is 6.78. The highest BCUT2D eigenvalue weighted by Gasteiger charge is 2.03. The number of nitrogens with one attached hydrogen (secondary N) is 2. The Balaban J connectivity index is 1.92. The molecule has 104 valence electrons. The van der Waals surface area contributed by atoms with E-state index in [1.807, 2.05) is 44.2 Å². The van der Waals surface area contributed by atoms with Crippen LogP contribution in [0.25, 0.3) is 0 Å². The van der Waals surface area contributed by atoms with Crippen molar-refractivity contribution in [3.8, 4) is 0 Å². The number of hydrogen-bond donors (Lipinski definition) is 2. The Labute approximate surface area is 124 Å². The lowest BCUT2D eigenvalue weighted by atomic mass is 10.1. The molecule has 0 bridgehead atoms. The number of carbonyl (C=O) groups excluding carboxylic acids is 1. The third-order valence-electron chi connectivity index (χ3n) is 2.82. The van der Waals surface area contributed by atoms with Gasteiger partial charge in [0.15, 0.2) is 0 Å². The predicted octanol–water partition coefficient (Wildman–Crippen LogP) is 4.28. The van der Waals surface area contributed by atoms with E-state index in [1.165, 1.54) is 0 Å². The molecule has 2 aromatic rings. The third kappa shape index (κ3) is 4.28. The number of benzene rings is 2. The Morgan fingerprint density at radius 1 is 1.10 bits per heavy atom. The molecule has 0 atom stereocenters. The molecule has 0 aromatic heterocycles. The molecule has 0 saturated carbocycles. The highest BCUT2D eigenvalue weighted by molar-refractivity contribution is 6.30. The molecule has 0 aliphatic rings. The zero-order chi connectivity index (χ0) is 14.5. The van der Waals surface area contributed by atoms with Crippen LogP contribution in [0.1, 0.15) is 16.7 Å². The fourth-order valence-electron chi connectivity index (χ4n) is 2.05. The summed E-state index contributed by atoms with van der Waals surface area (Å²) in [5, 5.41) is 6.30. The second-order valence-corrected chi connectivity index (χ2v) is 5.25. The van der Waals surface area contributed by atoms with Crippen LogP contribution in [-0.2, 0) is 6.54 Å². The van der Waals surface area contributed by atoms with Crippen molar-refractivity contribution < 1.29 is 4.79 Å². The quantitative estimate of drug-likeness (QED) is 0.869. The monoisotopic (exact) mass is 288 g/mol. The van der Waals surface area contributed by atoms with Gasteiger partial charge in [0.05, 0.1) is 0 Å². The molecule has 0 radical (unpaired) electrons. The van der Waals surface area contributed by atoms with Crippen LogP contribution in [0.4, 0.5) is 10.5 Å². The zero-order valence-corrected chi connectivity index (χ0v) is 12.3. The Kier molecular flexibility index (Phi) is 4.64. The Morgan fingerprint density at radius 2 is 1.80 bits per heavy atom. The number of rotatable bonds is 3. The summed E-state index contributed by atoms with van der Waals surface area (Å²) in [6, 6.07) is 13.1. The van der Waals surface area contributed by atoms with E-state index in [0.717, 1.165) is 22.4 Å². The van der Waals surface area contributed by atoms with Crippen molar-refractivity contribution in [3.63, 3.8) is 0 Å². The average molecular weight is 289 g/mol. The molecule has 0 spiro atoms. The Hall–Kier alpha value is -2.00. The standard InChI is InChI=1S/C16H17ClN2O/c1-11-6-12(2)8-15(7-11)19-16(20)18-10-13-4-3-5-14(17)9-13/h3-9H,10H2,1-2H3,(H2,18,19,20). The highest BCUT2D eigenvalue weighted by atomic mass is 35.5. The fraction of sp³-hybridized carbons (Fsp3) is 0.188. The number of hydrogen-bond acceptors (Lipinski definition) is 1. The third-order valence-corrected chi connectivity index (χ3v) is 3.06. The zero-order valence-electron chi connectivity index (χ0n) is 11.5. The maximum Gasteiger partial charge on any atom is 0.319 e. The minimum Gasteiger partial charge on any atom is -0.334 e. The summed E-state index contributed by atoms with van der Waals surface area (Å²) in [5.41, 5.74) is 4.00. The fourth-order valence-corrected chi connectivity index (χ4v) is 2.26. The molecule has 0 fully saturated rings. The molecule has 2 aromatic carbocycles. The van der Waals surface area contributed by atoms with Crippen molar-refractivity contribution >= 4 is 23.3 Å². The molecule has 0 aliphatic carbocycles. The summed E-state index contributed by atoms with van der Waals surface area (Å²) in [6.45, 7) is 4.45. The van der Waals surface area contributed by atoms with E-state index < -0.39 is 0 Å². The summed E-state index contributed by atoms with van der Waals surface area (Å²) in [6.07, 6.45) is 0. The molecule has 0 aliphatic heterocycles. The largest absolute Gasteiger partial charge is 0.334 e.